The number of benzene rings is 1. The molecule has 0 aromatic heterocycles. The van der Waals surface area contributed by atoms with Crippen LogP contribution >= 0.6 is 0 Å². The van der Waals surface area contributed by atoms with E-state index in [0.717, 1.165) is 18.4 Å². The third-order valence-corrected chi connectivity index (χ3v) is 2.15. The molecule has 0 aliphatic carbocycles. The lowest BCUT2D eigenvalue weighted by Crippen LogP contribution is -2.10. The van der Waals surface area contributed by atoms with Crippen LogP contribution in [0, 0.1) is 0 Å². The summed E-state index contributed by atoms with van der Waals surface area (Å²) < 4.78 is 4.99. The fraction of sp³-hybridized carbons (Fsp3) is 0.417. The van der Waals surface area contributed by atoms with Gasteiger partial charge in [0, 0.05) is 13.0 Å². The Balaban J connectivity index is 2.77. The molecule has 0 radical (unpaired) electrons. The number of hydrogen-bond donors (Lipinski definition) is 1. The SMILES string of the molecule is CCC[C@@H](N)c1cccc(OC(C)=O)c1. The molecule has 2 N–H and O–H groups in total. The standard InChI is InChI=1S/C12H17NO2/c1-3-5-12(13)10-6-4-7-11(8-10)15-9(2)14/h4,6-8,12H,3,5,13H2,1-2H3/t12-/m1/s1. The molecule has 0 unspecified atom stereocenters. The highest BCUT2D eigenvalue weighted by Gasteiger charge is 2.06. The first-order valence-electron chi connectivity index (χ1n) is 5.17. The van der Waals surface area contributed by atoms with Gasteiger partial charge in [0.1, 0.15) is 5.75 Å². The summed E-state index contributed by atoms with van der Waals surface area (Å²) in [6.45, 7) is 3.48. The Labute approximate surface area is 90.2 Å². The molecule has 0 bridgehead atoms. The maximum absolute atomic E-state index is 10.8. The molecular formula is C12H17NO2. The Morgan fingerprint density at radius 2 is 2.27 bits per heavy atom. The molecular weight excluding hydrogens is 190 g/mol. The molecule has 3 nitrogen and oxygen atoms in total. The molecule has 15 heavy (non-hydrogen) atoms. The molecule has 1 atom stereocenters. The van der Waals surface area contributed by atoms with E-state index in [1.54, 1.807) is 6.07 Å². The lowest BCUT2D eigenvalue weighted by Gasteiger charge is -2.11. The van der Waals surface area contributed by atoms with Gasteiger partial charge in [-0.05, 0) is 24.1 Å². The highest BCUT2D eigenvalue weighted by atomic mass is 16.5. The minimum absolute atomic E-state index is 0.0190. The summed E-state index contributed by atoms with van der Waals surface area (Å²) in [6, 6.07) is 7.40. The van der Waals surface area contributed by atoms with Crippen LogP contribution in [0.5, 0.6) is 5.75 Å². The van der Waals surface area contributed by atoms with E-state index in [-0.39, 0.29) is 12.0 Å². The van der Waals surface area contributed by atoms with Gasteiger partial charge in [0.05, 0.1) is 0 Å². The maximum Gasteiger partial charge on any atom is 0.308 e. The number of rotatable bonds is 4. The number of carbonyl (C=O) groups is 1. The zero-order valence-corrected chi connectivity index (χ0v) is 9.19. The summed E-state index contributed by atoms with van der Waals surface area (Å²) >= 11 is 0. The van der Waals surface area contributed by atoms with Crippen LogP contribution < -0.4 is 10.5 Å². The van der Waals surface area contributed by atoms with E-state index in [2.05, 4.69) is 6.92 Å². The van der Waals surface area contributed by atoms with Crippen LogP contribution in [0.2, 0.25) is 0 Å². The fourth-order valence-corrected chi connectivity index (χ4v) is 1.45. The summed E-state index contributed by atoms with van der Waals surface area (Å²) in [5, 5.41) is 0. The fourth-order valence-electron chi connectivity index (χ4n) is 1.45. The molecule has 0 amide bonds. The molecule has 1 aromatic carbocycles. The normalized spacial score (nSPS) is 12.2. The van der Waals surface area contributed by atoms with E-state index in [4.69, 9.17) is 10.5 Å². The average molecular weight is 207 g/mol. The van der Waals surface area contributed by atoms with Gasteiger partial charge < -0.3 is 10.5 Å². The smallest absolute Gasteiger partial charge is 0.308 e. The van der Waals surface area contributed by atoms with Crippen molar-refractivity contribution in [2.75, 3.05) is 0 Å². The van der Waals surface area contributed by atoms with Crippen LogP contribution in [0.4, 0.5) is 0 Å². The zero-order chi connectivity index (χ0) is 11.3. The summed E-state index contributed by atoms with van der Waals surface area (Å²) in [4.78, 5) is 10.8. The number of esters is 1. The Kier molecular flexibility index (Phi) is 4.31. The molecule has 0 heterocycles. The van der Waals surface area contributed by atoms with Gasteiger partial charge in [-0.3, -0.25) is 4.79 Å². The first-order chi connectivity index (χ1) is 7.13. The molecule has 1 rings (SSSR count). The third-order valence-electron chi connectivity index (χ3n) is 2.15. The molecule has 1 aromatic rings. The van der Waals surface area contributed by atoms with E-state index < -0.39 is 0 Å². The van der Waals surface area contributed by atoms with Gasteiger partial charge in [-0.2, -0.15) is 0 Å². The summed E-state index contributed by atoms with van der Waals surface area (Å²) in [5.41, 5.74) is 6.97. The molecule has 0 aliphatic rings. The lowest BCUT2D eigenvalue weighted by atomic mass is 10.0. The van der Waals surface area contributed by atoms with Crippen LogP contribution in [-0.2, 0) is 4.79 Å². The van der Waals surface area contributed by atoms with Crippen molar-refractivity contribution in [1.29, 1.82) is 0 Å². The first-order valence-corrected chi connectivity index (χ1v) is 5.17. The largest absolute Gasteiger partial charge is 0.427 e. The van der Waals surface area contributed by atoms with Gasteiger partial charge in [-0.25, -0.2) is 0 Å². The van der Waals surface area contributed by atoms with Gasteiger partial charge >= 0.3 is 5.97 Å². The quantitative estimate of drug-likeness (QED) is 0.609. The topological polar surface area (TPSA) is 52.3 Å². The molecule has 82 valence electrons. The number of ether oxygens (including phenoxy) is 1. The number of hydrogen-bond acceptors (Lipinski definition) is 3. The zero-order valence-electron chi connectivity index (χ0n) is 9.19. The maximum atomic E-state index is 10.8. The second kappa shape index (κ2) is 5.51. The van der Waals surface area contributed by atoms with Crippen LogP contribution in [0.25, 0.3) is 0 Å². The van der Waals surface area contributed by atoms with E-state index in [1.165, 1.54) is 6.92 Å². The molecule has 0 aliphatic heterocycles. The highest BCUT2D eigenvalue weighted by molar-refractivity contribution is 5.69. The van der Waals surface area contributed by atoms with Crippen molar-refractivity contribution in [3.8, 4) is 5.75 Å². The number of carbonyl (C=O) groups excluding carboxylic acids is 1. The van der Waals surface area contributed by atoms with Crippen molar-refractivity contribution in [2.24, 2.45) is 5.73 Å². The lowest BCUT2D eigenvalue weighted by molar-refractivity contribution is -0.131. The van der Waals surface area contributed by atoms with Crippen LogP contribution in [0.15, 0.2) is 24.3 Å². The van der Waals surface area contributed by atoms with E-state index in [9.17, 15) is 4.79 Å². The van der Waals surface area contributed by atoms with E-state index in [0.29, 0.717) is 5.75 Å². The van der Waals surface area contributed by atoms with Crippen molar-refractivity contribution in [3.05, 3.63) is 29.8 Å². The summed E-state index contributed by atoms with van der Waals surface area (Å²) in [6.07, 6.45) is 1.97. The van der Waals surface area contributed by atoms with Crippen molar-refractivity contribution in [1.82, 2.24) is 0 Å². The second-order valence-electron chi connectivity index (χ2n) is 3.56. The molecule has 0 spiro atoms. The predicted octanol–water partition coefficient (Wildman–Crippen LogP) is 2.41. The minimum atomic E-state index is -0.309. The van der Waals surface area contributed by atoms with Gasteiger partial charge in [-0.1, -0.05) is 25.5 Å². The number of nitrogens with two attached hydrogens (primary N) is 1. The van der Waals surface area contributed by atoms with Gasteiger partial charge in [0.2, 0.25) is 0 Å². The Bertz CT molecular complexity index is 336. The highest BCUT2D eigenvalue weighted by Crippen LogP contribution is 2.20. The molecule has 0 saturated carbocycles. The predicted molar refractivity (Wildman–Crippen MR) is 59.6 cm³/mol. The van der Waals surface area contributed by atoms with Crippen LogP contribution in [0.1, 0.15) is 38.3 Å². The van der Waals surface area contributed by atoms with Crippen molar-refractivity contribution >= 4 is 5.97 Å². The molecule has 0 fully saturated rings. The Hall–Kier alpha value is -1.35. The van der Waals surface area contributed by atoms with Gasteiger partial charge in [0.15, 0.2) is 0 Å². The minimum Gasteiger partial charge on any atom is -0.427 e. The van der Waals surface area contributed by atoms with Crippen LogP contribution in [-0.4, -0.2) is 5.97 Å². The van der Waals surface area contributed by atoms with E-state index >= 15 is 0 Å². The van der Waals surface area contributed by atoms with E-state index in [1.807, 2.05) is 18.2 Å². The Morgan fingerprint density at radius 3 is 2.87 bits per heavy atom. The van der Waals surface area contributed by atoms with Gasteiger partial charge in [0.25, 0.3) is 0 Å². The second-order valence-corrected chi connectivity index (χ2v) is 3.56. The van der Waals surface area contributed by atoms with Gasteiger partial charge in [-0.15, -0.1) is 0 Å². The van der Waals surface area contributed by atoms with Crippen molar-refractivity contribution in [2.45, 2.75) is 32.7 Å². The first kappa shape index (κ1) is 11.7. The summed E-state index contributed by atoms with van der Waals surface area (Å²) in [7, 11) is 0. The average Bonchev–Trinajstić information content (AvgIpc) is 2.17. The Morgan fingerprint density at radius 1 is 1.53 bits per heavy atom. The van der Waals surface area contributed by atoms with Crippen molar-refractivity contribution in [3.63, 3.8) is 0 Å². The summed E-state index contributed by atoms with van der Waals surface area (Å²) in [5.74, 6) is 0.253. The third kappa shape index (κ3) is 3.72. The monoisotopic (exact) mass is 207 g/mol. The molecule has 0 saturated heterocycles. The van der Waals surface area contributed by atoms with Crippen molar-refractivity contribution < 1.29 is 9.53 Å². The van der Waals surface area contributed by atoms with Crippen LogP contribution in [0.3, 0.4) is 0 Å². The molecule has 3 heteroatoms.